The maximum Gasteiger partial charge on any atom is 0.00673 e. The number of unbranched alkanes of at least 4 members (excludes halogenated alkanes) is 1. The van der Waals surface area contributed by atoms with Gasteiger partial charge in [-0.25, -0.2) is 0 Å². The van der Waals surface area contributed by atoms with Crippen LogP contribution in [0.25, 0.3) is 0 Å². The zero-order valence-electron chi connectivity index (χ0n) is 13.0. The maximum absolute atomic E-state index is 3.84. The summed E-state index contributed by atoms with van der Waals surface area (Å²) in [6.07, 6.45) is 14.1. The van der Waals surface area contributed by atoms with Crippen molar-refractivity contribution in [3.8, 4) is 0 Å². The lowest BCUT2D eigenvalue weighted by Crippen LogP contribution is -2.36. The number of rotatable bonds is 9. The van der Waals surface area contributed by atoms with E-state index in [1.807, 2.05) is 0 Å². The van der Waals surface area contributed by atoms with Gasteiger partial charge in [-0.2, -0.15) is 0 Å². The van der Waals surface area contributed by atoms with Gasteiger partial charge in [-0.3, -0.25) is 0 Å². The van der Waals surface area contributed by atoms with Gasteiger partial charge in [-0.1, -0.05) is 52.9 Å². The van der Waals surface area contributed by atoms with E-state index in [0.717, 1.165) is 17.9 Å². The van der Waals surface area contributed by atoms with E-state index in [-0.39, 0.29) is 0 Å². The molecule has 18 heavy (non-hydrogen) atoms. The van der Waals surface area contributed by atoms with Crippen LogP contribution in [0.5, 0.6) is 0 Å². The summed E-state index contributed by atoms with van der Waals surface area (Å²) in [6.45, 7) is 8.23. The molecule has 1 atom stereocenters. The van der Waals surface area contributed by atoms with Crippen LogP contribution in [0.2, 0.25) is 0 Å². The number of hydrogen-bond donors (Lipinski definition) is 1. The number of nitrogens with one attached hydrogen (secondary N) is 1. The Balaban J connectivity index is 2.12. The SMILES string of the molecule is CCCCC(CC)CNC1CCC(CCC)CC1. The second kappa shape index (κ2) is 9.83. The summed E-state index contributed by atoms with van der Waals surface area (Å²) >= 11 is 0. The fourth-order valence-corrected chi connectivity index (χ4v) is 3.34. The molecule has 1 N–H and O–H groups in total. The van der Waals surface area contributed by atoms with Gasteiger partial charge in [0, 0.05) is 6.04 Å². The highest BCUT2D eigenvalue weighted by Gasteiger charge is 2.20. The summed E-state index contributed by atoms with van der Waals surface area (Å²) in [7, 11) is 0. The Bertz CT molecular complexity index is 182. The minimum Gasteiger partial charge on any atom is -0.314 e. The molecule has 1 saturated carbocycles. The van der Waals surface area contributed by atoms with Crippen LogP contribution in [-0.2, 0) is 0 Å². The molecule has 1 unspecified atom stereocenters. The average Bonchev–Trinajstić information content (AvgIpc) is 2.41. The molecule has 1 aliphatic carbocycles. The van der Waals surface area contributed by atoms with E-state index in [9.17, 15) is 0 Å². The molecular formula is C17H35N. The van der Waals surface area contributed by atoms with Crippen LogP contribution in [0, 0.1) is 11.8 Å². The van der Waals surface area contributed by atoms with Crippen molar-refractivity contribution >= 4 is 0 Å². The molecule has 0 heterocycles. The zero-order chi connectivity index (χ0) is 13.2. The van der Waals surface area contributed by atoms with Gasteiger partial charge in [0.25, 0.3) is 0 Å². The van der Waals surface area contributed by atoms with E-state index in [1.165, 1.54) is 70.8 Å². The minimum absolute atomic E-state index is 0.828. The summed E-state index contributed by atoms with van der Waals surface area (Å²) in [5, 5.41) is 3.84. The first-order valence-electron chi connectivity index (χ1n) is 8.53. The first kappa shape index (κ1) is 16.0. The van der Waals surface area contributed by atoms with Crippen molar-refractivity contribution in [3.05, 3.63) is 0 Å². The average molecular weight is 253 g/mol. The van der Waals surface area contributed by atoms with Crippen LogP contribution >= 0.6 is 0 Å². The minimum atomic E-state index is 0.828. The summed E-state index contributed by atoms with van der Waals surface area (Å²) in [5.41, 5.74) is 0. The van der Waals surface area contributed by atoms with Crippen molar-refractivity contribution in [2.45, 2.75) is 91.0 Å². The van der Waals surface area contributed by atoms with E-state index in [1.54, 1.807) is 0 Å². The predicted molar refractivity (Wildman–Crippen MR) is 82.0 cm³/mol. The van der Waals surface area contributed by atoms with Gasteiger partial charge in [0.05, 0.1) is 0 Å². The molecule has 0 spiro atoms. The van der Waals surface area contributed by atoms with Gasteiger partial charge in [0.1, 0.15) is 0 Å². The van der Waals surface area contributed by atoms with Crippen LogP contribution in [0.15, 0.2) is 0 Å². The van der Waals surface area contributed by atoms with Crippen molar-refractivity contribution in [2.75, 3.05) is 6.54 Å². The first-order chi connectivity index (χ1) is 8.80. The first-order valence-corrected chi connectivity index (χ1v) is 8.53. The maximum atomic E-state index is 3.84. The standard InChI is InChI=1S/C17H35N/c1-4-7-9-15(6-3)14-18-17-12-10-16(8-5-2)11-13-17/h15-18H,4-14H2,1-3H3. The Hall–Kier alpha value is -0.0400. The summed E-state index contributed by atoms with van der Waals surface area (Å²) in [6, 6.07) is 0.828. The van der Waals surface area contributed by atoms with Crippen molar-refractivity contribution in [1.29, 1.82) is 0 Å². The van der Waals surface area contributed by atoms with Crippen molar-refractivity contribution in [3.63, 3.8) is 0 Å². The van der Waals surface area contributed by atoms with E-state index in [0.29, 0.717) is 0 Å². The van der Waals surface area contributed by atoms with Gasteiger partial charge in [0.2, 0.25) is 0 Å². The third-order valence-corrected chi connectivity index (χ3v) is 4.78. The molecule has 0 bridgehead atoms. The van der Waals surface area contributed by atoms with Crippen molar-refractivity contribution in [1.82, 2.24) is 5.32 Å². The quantitative estimate of drug-likeness (QED) is 0.599. The van der Waals surface area contributed by atoms with Gasteiger partial charge < -0.3 is 5.32 Å². The van der Waals surface area contributed by atoms with Crippen molar-refractivity contribution in [2.24, 2.45) is 11.8 Å². The molecule has 1 aliphatic rings. The highest BCUT2D eigenvalue weighted by molar-refractivity contribution is 4.78. The predicted octanol–water partition coefficient (Wildman–Crippen LogP) is 5.15. The Morgan fingerprint density at radius 2 is 1.72 bits per heavy atom. The topological polar surface area (TPSA) is 12.0 Å². The molecule has 0 saturated heterocycles. The van der Waals surface area contributed by atoms with Crippen LogP contribution < -0.4 is 5.32 Å². The Morgan fingerprint density at radius 3 is 2.28 bits per heavy atom. The molecule has 108 valence electrons. The molecular weight excluding hydrogens is 218 g/mol. The summed E-state index contributed by atoms with van der Waals surface area (Å²) in [5.74, 6) is 1.95. The fraction of sp³-hybridized carbons (Fsp3) is 1.00. The molecule has 0 amide bonds. The third kappa shape index (κ3) is 6.22. The molecule has 1 heteroatoms. The van der Waals surface area contributed by atoms with Crippen LogP contribution in [0.1, 0.15) is 85.0 Å². The molecule has 1 rings (SSSR count). The van der Waals surface area contributed by atoms with Crippen LogP contribution in [0.3, 0.4) is 0 Å². The second-order valence-electron chi connectivity index (χ2n) is 6.33. The lowest BCUT2D eigenvalue weighted by molar-refractivity contribution is 0.266. The van der Waals surface area contributed by atoms with Gasteiger partial charge >= 0.3 is 0 Å². The molecule has 1 fully saturated rings. The van der Waals surface area contributed by atoms with Gasteiger partial charge in [0.15, 0.2) is 0 Å². The molecule has 0 radical (unpaired) electrons. The fourth-order valence-electron chi connectivity index (χ4n) is 3.34. The van der Waals surface area contributed by atoms with Crippen LogP contribution in [-0.4, -0.2) is 12.6 Å². The number of hydrogen-bond acceptors (Lipinski definition) is 1. The molecule has 0 aromatic rings. The highest BCUT2D eigenvalue weighted by atomic mass is 14.9. The molecule has 0 aromatic heterocycles. The summed E-state index contributed by atoms with van der Waals surface area (Å²) in [4.78, 5) is 0. The Kier molecular flexibility index (Phi) is 8.75. The lowest BCUT2D eigenvalue weighted by Gasteiger charge is -2.30. The Morgan fingerprint density at radius 1 is 1.00 bits per heavy atom. The normalized spacial score (nSPS) is 26.2. The van der Waals surface area contributed by atoms with E-state index < -0.39 is 0 Å². The molecule has 0 aromatic carbocycles. The summed E-state index contributed by atoms with van der Waals surface area (Å²) < 4.78 is 0. The monoisotopic (exact) mass is 253 g/mol. The zero-order valence-corrected chi connectivity index (χ0v) is 13.0. The largest absolute Gasteiger partial charge is 0.314 e. The van der Waals surface area contributed by atoms with Gasteiger partial charge in [-0.05, 0) is 50.5 Å². The van der Waals surface area contributed by atoms with E-state index >= 15 is 0 Å². The van der Waals surface area contributed by atoms with Crippen LogP contribution in [0.4, 0.5) is 0 Å². The van der Waals surface area contributed by atoms with E-state index in [2.05, 4.69) is 26.1 Å². The smallest absolute Gasteiger partial charge is 0.00673 e. The van der Waals surface area contributed by atoms with Crippen molar-refractivity contribution < 1.29 is 0 Å². The highest BCUT2D eigenvalue weighted by Crippen LogP contribution is 2.27. The molecule has 0 aliphatic heterocycles. The lowest BCUT2D eigenvalue weighted by atomic mass is 9.83. The third-order valence-electron chi connectivity index (χ3n) is 4.78. The second-order valence-corrected chi connectivity index (χ2v) is 6.33. The Labute approximate surface area is 115 Å². The van der Waals surface area contributed by atoms with Gasteiger partial charge in [-0.15, -0.1) is 0 Å². The molecule has 1 nitrogen and oxygen atoms in total. The van der Waals surface area contributed by atoms with E-state index in [4.69, 9.17) is 0 Å².